The van der Waals surface area contributed by atoms with E-state index in [2.05, 4.69) is 9.97 Å². The first-order chi connectivity index (χ1) is 12.3. The molecule has 1 aromatic carbocycles. The second-order valence-electron chi connectivity index (χ2n) is 6.80. The molecular weight excluding hydrogens is 331 g/mol. The minimum absolute atomic E-state index is 0.161. The molecule has 0 amide bonds. The Hall–Kier alpha value is -2.11. The fourth-order valence-corrected chi connectivity index (χ4v) is 2.77. The SMILES string of the molecule is CCC(O)CC(O)/C=C/c1c(-c2ccc(F)cc2)nc(C)nc1C(C)C. The lowest BCUT2D eigenvalue weighted by Gasteiger charge is -2.16. The number of aliphatic hydroxyl groups is 2. The van der Waals surface area contributed by atoms with Gasteiger partial charge in [0.05, 0.1) is 23.6 Å². The quantitative estimate of drug-likeness (QED) is 0.776. The molecule has 0 saturated carbocycles. The van der Waals surface area contributed by atoms with Crippen LogP contribution in [0.3, 0.4) is 0 Å². The van der Waals surface area contributed by atoms with Crippen LogP contribution in [0.2, 0.25) is 0 Å². The van der Waals surface area contributed by atoms with Gasteiger partial charge in [-0.3, -0.25) is 0 Å². The zero-order chi connectivity index (χ0) is 19.3. The van der Waals surface area contributed by atoms with Crippen molar-refractivity contribution in [2.45, 2.75) is 58.7 Å². The third kappa shape index (κ3) is 5.19. The lowest BCUT2D eigenvalue weighted by Crippen LogP contribution is -2.14. The lowest BCUT2D eigenvalue weighted by molar-refractivity contribution is 0.102. The van der Waals surface area contributed by atoms with Gasteiger partial charge in [0.1, 0.15) is 11.6 Å². The largest absolute Gasteiger partial charge is 0.393 e. The Morgan fingerprint density at radius 3 is 2.35 bits per heavy atom. The Morgan fingerprint density at radius 2 is 1.77 bits per heavy atom. The minimum Gasteiger partial charge on any atom is -0.393 e. The molecule has 0 aliphatic rings. The number of hydrogen-bond acceptors (Lipinski definition) is 4. The van der Waals surface area contributed by atoms with Crippen LogP contribution < -0.4 is 0 Å². The van der Waals surface area contributed by atoms with Gasteiger partial charge in [-0.2, -0.15) is 0 Å². The Balaban J connectivity index is 2.49. The molecule has 2 rings (SSSR count). The predicted octanol–water partition coefficient (Wildman–Crippen LogP) is 4.25. The van der Waals surface area contributed by atoms with Gasteiger partial charge in [-0.25, -0.2) is 14.4 Å². The third-order valence-corrected chi connectivity index (χ3v) is 4.22. The number of halogens is 1. The number of aryl methyl sites for hydroxylation is 1. The number of aromatic nitrogens is 2. The first kappa shape index (κ1) is 20.2. The number of rotatable bonds is 7. The number of aliphatic hydroxyl groups excluding tert-OH is 2. The lowest BCUT2D eigenvalue weighted by atomic mass is 9.97. The molecule has 0 radical (unpaired) electrons. The van der Waals surface area contributed by atoms with Gasteiger partial charge in [-0.05, 0) is 43.5 Å². The predicted molar refractivity (Wildman–Crippen MR) is 102 cm³/mol. The number of benzene rings is 1. The summed E-state index contributed by atoms with van der Waals surface area (Å²) in [5.74, 6) is 0.505. The molecular formula is C21H27FN2O2. The van der Waals surface area contributed by atoms with Crippen LogP contribution in [-0.4, -0.2) is 32.4 Å². The van der Waals surface area contributed by atoms with E-state index < -0.39 is 12.2 Å². The molecule has 0 aliphatic carbocycles. The van der Waals surface area contributed by atoms with Gasteiger partial charge in [0, 0.05) is 17.5 Å². The summed E-state index contributed by atoms with van der Waals surface area (Å²) in [5.41, 5.74) is 3.18. The van der Waals surface area contributed by atoms with Crippen LogP contribution >= 0.6 is 0 Å². The Kier molecular flexibility index (Phi) is 7.00. The van der Waals surface area contributed by atoms with E-state index in [9.17, 15) is 14.6 Å². The standard InChI is InChI=1S/C21H27FN2O2/c1-5-17(25)12-18(26)10-11-19-20(13(2)3)23-14(4)24-21(19)15-6-8-16(22)9-7-15/h6-11,13,17-18,25-26H,5,12H2,1-4H3/b11-10+. The van der Waals surface area contributed by atoms with Crippen molar-refractivity contribution in [3.63, 3.8) is 0 Å². The molecule has 26 heavy (non-hydrogen) atoms. The first-order valence-electron chi connectivity index (χ1n) is 9.00. The van der Waals surface area contributed by atoms with E-state index >= 15 is 0 Å². The molecule has 0 spiro atoms. The molecule has 2 N–H and O–H groups in total. The Labute approximate surface area is 154 Å². The van der Waals surface area contributed by atoms with Crippen LogP contribution in [0.4, 0.5) is 4.39 Å². The molecule has 5 heteroatoms. The zero-order valence-electron chi connectivity index (χ0n) is 15.8. The van der Waals surface area contributed by atoms with Crippen molar-refractivity contribution in [1.82, 2.24) is 9.97 Å². The molecule has 0 saturated heterocycles. The van der Waals surface area contributed by atoms with Crippen molar-refractivity contribution in [3.05, 3.63) is 53.2 Å². The zero-order valence-corrected chi connectivity index (χ0v) is 15.8. The maximum absolute atomic E-state index is 13.3. The van der Waals surface area contributed by atoms with E-state index in [4.69, 9.17) is 0 Å². The van der Waals surface area contributed by atoms with E-state index in [1.54, 1.807) is 24.3 Å². The molecule has 2 aromatic rings. The van der Waals surface area contributed by atoms with Crippen molar-refractivity contribution in [2.75, 3.05) is 0 Å². The highest BCUT2D eigenvalue weighted by molar-refractivity contribution is 5.73. The molecule has 2 atom stereocenters. The van der Waals surface area contributed by atoms with Crippen LogP contribution in [-0.2, 0) is 0 Å². The van der Waals surface area contributed by atoms with E-state index in [-0.39, 0.29) is 18.2 Å². The van der Waals surface area contributed by atoms with E-state index in [1.165, 1.54) is 12.1 Å². The second kappa shape index (κ2) is 9.01. The van der Waals surface area contributed by atoms with Gasteiger partial charge in [0.15, 0.2) is 0 Å². The average Bonchev–Trinajstić information content (AvgIpc) is 2.60. The van der Waals surface area contributed by atoms with Crippen LogP contribution in [0.25, 0.3) is 17.3 Å². The van der Waals surface area contributed by atoms with Crippen molar-refractivity contribution in [3.8, 4) is 11.3 Å². The normalized spacial score (nSPS) is 14.2. The van der Waals surface area contributed by atoms with Crippen LogP contribution in [0, 0.1) is 12.7 Å². The average molecular weight is 358 g/mol. The molecule has 1 aromatic heterocycles. The monoisotopic (exact) mass is 358 g/mol. The van der Waals surface area contributed by atoms with Crippen molar-refractivity contribution in [2.24, 2.45) is 0 Å². The third-order valence-electron chi connectivity index (χ3n) is 4.22. The van der Waals surface area contributed by atoms with E-state index in [0.29, 0.717) is 17.9 Å². The van der Waals surface area contributed by atoms with Gasteiger partial charge in [0.25, 0.3) is 0 Å². The topological polar surface area (TPSA) is 66.2 Å². The molecule has 1 heterocycles. The second-order valence-corrected chi connectivity index (χ2v) is 6.80. The maximum Gasteiger partial charge on any atom is 0.126 e. The van der Waals surface area contributed by atoms with E-state index in [1.807, 2.05) is 27.7 Å². The van der Waals surface area contributed by atoms with E-state index in [0.717, 1.165) is 16.8 Å². The van der Waals surface area contributed by atoms with Gasteiger partial charge in [-0.15, -0.1) is 0 Å². The van der Waals surface area contributed by atoms with Crippen molar-refractivity contribution >= 4 is 6.08 Å². The highest BCUT2D eigenvalue weighted by atomic mass is 19.1. The van der Waals surface area contributed by atoms with Crippen molar-refractivity contribution < 1.29 is 14.6 Å². The minimum atomic E-state index is -0.757. The van der Waals surface area contributed by atoms with Gasteiger partial charge >= 0.3 is 0 Å². The number of nitrogens with zero attached hydrogens (tertiary/aromatic N) is 2. The summed E-state index contributed by atoms with van der Waals surface area (Å²) in [6.45, 7) is 7.80. The summed E-state index contributed by atoms with van der Waals surface area (Å²) in [6, 6.07) is 6.19. The van der Waals surface area contributed by atoms with Gasteiger partial charge in [0.2, 0.25) is 0 Å². The molecule has 2 unspecified atom stereocenters. The Bertz CT molecular complexity index is 757. The Morgan fingerprint density at radius 1 is 1.12 bits per heavy atom. The number of hydrogen-bond donors (Lipinski definition) is 2. The molecule has 4 nitrogen and oxygen atoms in total. The molecule has 0 aliphatic heterocycles. The fourth-order valence-electron chi connectivity index (χ4n) is 2.77. The van der Waals surface area contributed by atoms with Crippen LogP contribution in [0.15, 0.2) is 30.3 Å². The van der Waals surface area contributed by atoms with Crippen LogP contribution in [0.1, 0.15) is 56.6 Å². The van der Waals surface area contributed by atoms with Crippen molar-refractivity contribution in [1.29, 1.82) is 0 Å². The highest BCUT2D eigenvalue weighted by Crippen LogP contribution is 2.29. The molecule has 0 fully saturated rings. The molecule has 0 bridgehead atoms. The first-order valence-corrected chi connectivity index (χ1v) is 9.00. The summed E-state index contributed by atoms with van der Waals surface area (Å²) in [7, 11) is 0. The van der Waals surface area contributed by atoms with Gasteiger partial charge in [-0.1, -0.05) is 32.9 Å². The smallest absolute Gasteiger partial charge is 0.126 e. The summed E-state index contributed by atoms with van der Waals surface area (Å²) in [4.78, 5) is 9.12. The fraction of sp³-hybridized carbons (Fsp3) is 0.429. The summed E-state index contributed by atoms with van der Waals surface area (Å²) >= 11 is 0. The van der Waals surface area contributed by atoms with Crippen LogP contribution in [0.5, 0.6) is 0 Å². The van der Waals surface area contributed by atoms with Gasteiger partial charge < -0.3 is 10.2 Å². The summed E-state index contributed by atoms with van der Waals surface area (Å²) in [6.07, 6.45) is 3.04. The maximum atomic E-state index is 13.3. The summed E-state index contributed by atoms with van der Waals surface area (Å²) in [5, 5.41) is 19.9. The highest BCUT2D eigenvalue weighted by Gasteiger charge is 2.16. The summed E-state index contributed by atoms with van der Waals surface area (Å²) < 4.78 is 13.3. The molecule has 140 valence electrons.